The fourth-order valence-corrected chi connectivity index (χ4v) is 0.213. The largest absolute Gasteiger partial charge is 0.481 e. The molecule has 0 fully saturated rings. The van der Waals surface area contributed by atoms with Crippen LogP contribution in [0.25, 0.3) is 0 Å². The average molecular weight is 166 g/mol. The Bertz CT molecular complexity index is 166. The van der Waals surface area contributed by atoms with Crippen LogP contribution in [0, 0.1) is 0 Å². The van der Waals surface area contributed by atoms with Crippen LogP contribution in [0.1, 0.15) is 6.42 Å². The van der Waals surface area contributed by atoms with E-state index in [0.717, 1.165) is 0 Å². The van der Waals surface area contributed by atoms with Gasteiger partial charge in [-0.2, -0.15) is 0 Å². The third-order valence-corrected chi connectivity index (χ3v) is 0.550. The number of rotatable bonds is 3. The summed E-state index contributed by atoms with van der Waals surface area (Å²) in [6.45, 7) is 0. The van der Waals surface area contributed by atoms with Crippen LogP contribution in [0.2, 0.25) is 0 Å². The van der Waals surface area contributed by atoms with Gasteiger partial charge in [0.2, 0.25) is 0 Å². The van der Waals surface area contributed by atoms with Crippen LogP contribution in [0.4, 0.5) is 0 Å². The summed E-state index contributed by atoms with van der Waals surface area (Å²) in [5.41, 5.74) is 0. The minimum absolute atomic E-state index is 0. The van der Waals surface area contributed by atoms with Gasteiger partial charge in [-0.25, -0.2) is 4.79 Å². The number of Topliss-reactive ketones (excluding diaryl/α,β-unsaturated/α-hetero) is 1. The molecule has 0 aliphatic heterocycles. The molecule has 0 atom stereocenters. The lowest BCUT2D eigenvalue weighted by molar-refractivity contribution is -0.152. The van der Waals surface area contributed by atoms with Gasteiger partial charge in [0.15, 0.2) is 0 Å². The Morgan fingerprint density at radius 3 is 1.45 bits per heavy atom. The first-order valence-corrected chi connectivity index (χ1v) is 2.02. The first-order chi connectivity index (χ1) is 4.04. The highest BCUT2D eigenvalue weighted by Crippen LogP contribution is 1.81. The lowest BCUT2D eigenvalue weighted by Gasteiger charge is -1.85. The standard InChI is InChI=1S/C4H4O5.2H3N/c5-2(4(8)9)1-3(6)7;;/h1H2,(H,6,7)(H,8,9);2*1H3. The monoisotopic (exact) mass is 166 g/mol. The molecule has 0 aliphatic rings. The van der Waals surface area contributed by atoms with Crippen molar-refractivity contribution in [3.63, 3.8) is 0 Å². The number of ketones is 1. The van der Waals surface area contributed by atoms with E-state index in [0.29, 0.717) is 0 Å². The van der Waals surface area contributed by atoms with Gasteiger partial charge in [0.1, 0.15) is 6.42 Å². The predicted octanol–water partition coefficient (Wildman–Crippen LogP) is -0.561. The van der Waals surface area contributed by atoms with E-state index < -0.39 is 24.1 Å². The van der Waals surface area contributed by atoms with Crippen LogP contribution in [-0.2, 0) is 14.4 Å². The highest BCUT2D eigenvalue weighted by atomic mass is 16.4. The summed E-state index contributed by atoms with van der Waals surface area (Å²) in [4.78, 5) is 29.2. The number of hydrogen-bond donors (Lipinski definition) is 4. The highest BCUT2D eigenvalue weighted by molar-refractivity contribution is 6.35. The molecule has 0 aliphatic carbocycles. The Kier molecular flexibility index (Phi) is 9.83. The minimum Gasteiger partial charge on any atom is -0.481 e. The van der Waals surface area contributed by atoms with Crippen LogP contribution in [0.3, 0.4) is 0 Å². The Morgan fingerprint density at radius 1 is 1.00 bits per heavy atom. The smallest absolute Gasteiger partial charge is 0.372 e. The van der Waals surface area contributed by atoms with Gasteiger partial charge in [0.25, 0.3) is 5.78 Å². The molecule has 0 aromatic carbocycles. The van der Waals surface area contributed by atoms with Gasteiger partial charge in [-0.3, -0.25) is 9.59 Å². The Morgan fingerprint density at radius 2 is 1.36 bits per heavy atom. The molecule has 11 heavy (non-hydrogen) atoms. The molecule has 0 spiro atoms. The zero-order chi connectivity index (χ0) is 7.44. The summed E-state index contributed by atoms with van der Waals surface area (Å²) in [5.74, 6) is -4.44. The first kappa shape index (κ1) is 16.3. The predicted molar refractivity (Wildman–Crippen MR) is 34.9 cm³/mol. The maximum atomic E-state index is 9.97. The molecule has 0 saturated heterocycles. The zero-order valence-electron chi connectivity index (χ0n) is 5.74. The molecule has 0 heterocycles. The summed E-state index contributed by atoms with van der Waals surface area (Å²) in [6, 6.07) is 0. The third-order valence-electron chi connectivity index (χ3n) is 0.550. The van der Waals surface area contributed by atoms with Crippen molar-refractivity contribution in [1.29, 1.82) is 0 Å². The number of carboxylic acid groups (broad SMARTS) is 2. The maximum absolute atomic E-state index is 9.97. The molecule has 0 radical (unpaired) electrons. The molecular formula is C4H10N2O5. The molecule has 66 valence electrons. The van der Waals surface area contributed by atoms with Crippen LogP contribution in [0.15, 0.2) is 0 Å². The van der Waals surface area contributed by atoms with E-state index in [4.69, 9.17) is 10.2 Å². The van der Waals surface area contributed by atoms with E-state index in [2.05, 4.69) is 0 Å². The number of aliphatic carboxylic acids is 2. The first-order valence-electron chi connectivity index (χ1n) is 2.02. The summed E-state index contributed by atoms with van der Waals surface area (Å²) in [6.07, 6.45) is -0.949. The maximum Gasteiger partial charge on any atom is 0.372 e. The molecule has 0 amide bonds. The normalized spacial score (nSPS) is 6.91. The average Bonchev–Trinajstić information content (AvgIpc) is 1.63. The van der Waals surface area contributed by atoms with Gasteiger partial charge < -0.3 is 22.5 Å². The van der Waals surface area contributed by atoms with Crippen LogP contribution in [0.5, 0.6) is 0 Å². The number of carbonyl (C=O) groups is 3. The van der Waals surface area contributed by atoms with Gasteiger partial charge >= 0.3 is 11.9 Å². The molecule has 0 aromatic rings. The lowest BCUT2D eigenvalue weighted by Crippen LogP contribution is -2.16. The van der Waals surface area contributed by atoms with Crippen molar-refractivity contribution in [3.8, 4) is 0 Å². The molecule has 0 aromatic heterocycles. The molecule has 0 rings (SSSR count). The Hall–Kier alpha value is -1.47. The number of carboxylic acids is 2. The second kappa shape index (κ2) is 6.65. The van der Waals surface area contributed by atoms with E-state index in [1.54, 1.807) is 0 Å². The van der Waals surface area contributed by atoms with Gasteiger partial charge in [-0.15, -0.1) is 0 Å². The fourth-order valence-electron chi connectivity index (χ4n) is 0.213. The molecule has 7 nitrogen and oxygen atoms in total. The van der Waals surface area contributed by atoms with E-state index >= 15 is 0 Å². The highest BCUT2D eigenvalue weighted by Gasteiger charge is 2.14. The van der Waals surface area contributed by atoms with E-state index in [9.17, 15) is 14.4 Å². The number of hydrogen-bond acceptors (Lipinski definition) is 5. The topological polar surface area (TPSA) is 162 Å². The van der Waals surface area contributed by atoms with Crippen molar-refractivity contribution in [3.05, 3.63) is 0 Å². The quantitative estimate of drug-likeness (QED) is 0.322. The minimum atomic E-state index is -1.71. The van der Waals surface area contributed by atoms with Gasteiger partial charge in [0, 0.05) is 0 Å². The van der Waals surface area contributed by atoms with Crippen LogP contribution < -0.4 is 12.3 Å². The molecular weight excluding hydrogens is 156 g/mol. The van der Waals surface area contributed by atoms with E-state index in [1.165, 1.54) is 0 Å². The zero-order valence-corrected chi connectivity index (χ0v) is 5.74. The number of carbonyl (C=O) groups excluding carboxylic acids is 1. The fraction of sp³-hybridized carbons (Fsp3) is 0.250. The second-order valence-corrected chi connectivity index (χ2v) is 1.30. The summed E-state index contributed by atoms with van der Waals surface area (Å²) in [7, 11) is 0. The van der Waals surface area contributed by atoms with Gasteiger partial charge in [-0.05, 0) is 0 Å². The van der Waals surface area contributed by atoms with E-state index in [-0.39, 0.29) is 12.3 Å². The van der Waals surface area contributed by atoms with E-state index in [1.807, 2.05) is 0 Å². The molecule has 0 bridgehead atoms. The van der Waals surface area contributed by atoms with Crippen molar-refractivity contribution in [2.24, 2.45) is 0 Å². The Labute approximate surface area is 62.2 Å². The molecule has 8 N–H and O–H groups in total. The van der Waals surface area contributed by atoms with Gasteiger partial charge in [-0.1, -0.05) is 0 Å². The van der Waals surface area contributed by atoms with Crippen LogP contribution in [-0.4, -0.2) is 27.9 Å². The summed E-state index contributed by atoms with van der Waals surface area (Å²) < 4.78 is 0. The molecule has 0 unspecified atom stereocenters. The van der Waals surface area contributed by atoms with Crippen molar-refractivity contribution in [1.82, 2.24) is 12.3 Å². The molecule has 7 heteroatoms. The van der Waals surface area contributed by atoms with Gasteiger partial charge in [0.05, 0.1) is 0 Å². The lowest BCUT2D eigenvalue weighted by atomic mass is 10.3. The van der Waals surface area contributed by atoms with Crippen molar-refractivity contribution in [2.45, 2.75) is 6.42 Å². The van der Waals surface area contributed by atoms with Crippen molar-refractivity contribution in [2.75, 3.05) is 0 Å². The summed E-state index contributed by atoms with van der Waals surface area (Å²) in [5, 5.41) is 15.7. The second-order valence-electron chi connectivity index (χ2n) is 1.30. The third kappa shape index (κ3) is 8.53. The molecule has 0 saturated carbocycles. The van der Waals surface area contributed by atoms with Crippen molar-refractivity contribution < 1.29 is 24.6 Å². The Balaban J connectivity index is -0.000000320. The summed E-state index contributed by atoms with van der Waals surface area (Å²) >= 11 is 0. The van der Waals surface area contributed by atoms with Crippen LogP contribution >= 0.6 is 0 Å². The van der Waals surface area contributed by atoms with Crippen molar-refractivity contribution >= 4 is 17.7 Å². The SMILES string of the molecule is N.N.O=C(O)CC(=O)C(=O)O.